The van der Waals surface area contributed by atoms with Crippen LogP contribution < -0.4 is 4.90 Å². The van der Waals surface area contributed by atoms with Gasteiger partial charge in [0.05, 0.1) is 5.69 Å². The summed E-state index contributed by atoms with van der Waals surface area (Å²) in [5.41, 5.74) is 1.39. The van der Waals surface area contributed by atoms with Crippen LogP contribution >= 0.6 is 0 Å². The first kappa shape index (κ1) is 11.1. The van der Waals surface area contributed by atoms with E-state index in [0.717, 1.165) is 24.6 Å². The van der Waals surface area contributed by atoms with E-state index in [1.807, 2.05) is 14.0 Å². The van der Waals surface area contributed by atoms with E-state index in [1.165, 1.54) is 0 Å². The molecule has 0 radical (unpaired) electrons. The summed E-state index contributed by atoms with van der Waals surface area (Å²) in [7, 11) is 1.14. The number of hydrogen-bond donors (Lipinski definition) is 0. The molecule has 16 heavy (non-hydrogen) atoms. The van der Waals surface area contributed by atoms with Crippen LogP contribution in [0.2, 0.25) is 0 Å². The van der Waals surface area contributed by atoms with Gasteiger partial charge in [0.25, 0.3) is 0 Å². The molecule has 6 heteroatoms. The van der Waals surface area contributed by atoms with Crippen LogP contribution in [0, 0.1) is 18.3 Å². The molecule has 0 unspecified atom stereocenters. The van der Waals surface area contributed by atoms with Crippen molar-refractivity contribution in [1.29, 1.82) is 5.26 Å². The van der Waals surface area contributed by atoms with Gasteiger partial charge in [-0.05, 0) is 6.92 Å². The van der Waals surface area contributed by atoms with Gasteiger partial charge in [-0.3, -0.25) is 8.89 Å². The summed E-state index contributed by atoms with van der Waals surface area (Å²) in [4.78, 5) is 2.10. The number of aryl methyl sites for hydroxylation is 2. The van der Waals surface area contributed by atoms with Gasteiger partial charge in [0, 0.05) is 42.4 Å². The molecular weight excluding hydrogens is 224 g/mol. The second kappa shape index (κ2) is 4.26. The largest absolute Gasteiger partial charge is 0.354 e. The summed E-state index contributed by atoms with van der Waals surface area (Å²) < 4.78 is 13.0. The fraction of sp³-hybridized carbons (Fsp3) is 0.600. The Morgan fingerprint density at radius 1 is 1.44 bits per heavy atom. The Bertz CT molecular complexity index is 464. The minimum atomic E-state index is -0.697. The molecule has 0 spiro atoms. The van der Waals surface area contributed by atoms with E-state index < -0.39 is 10.8 Å². The lowest BCUT2D eigenvalue weighted by atomic mass is 10.2. The fourth-order valence-electron chi connectivity index (χ4n) is 1.99. The molecule has 1 saturated heterocycles. The van der Waals surface area contributed by atoms with Crippen LogP contribution in [-0.4, -0.2) is 38.6 Å². The van der Waals surface area contributed by atoms with E-state index in [2.05, 4.69) is 16.1 Å². The van der Waals surface area contributed by atoms with E-state index >= 15 is 0 Å². The van der Waals surface area contributed by atoms with Crippen LogP contribution in [-0.2, 0) is 17.8 Å². The predicted octanol–water partition coefficient (Wildman–Crippen LogP) is 0.169. The number of hydrogen-bond acceptors (Lipinski definition) is 4. The molecule has 0 aromatic carbocycles. The van der Waals surface area contributed by atoms with E-state index in [1.54, 1.807) is 4.68 Å². The smallest absolute Gasteiger partial charge is 0.145 e. The average molecular weight is 238 g/mol. The Labute approximate surface area is 97.1 Å². The van der Waals surface area contributed by atoms with Crippen LogP contribution in [0.25, 0.3) is 0 Å². The number of anilines is 1. The van der Waals surface area contributed by atoms with Crippen molar-refractivity contribution >= 4 is 16.6 Å². The van der Waals surface area contributed by atoms with Crippen molar-refractivity contribution in [3.8, 4) is 6.07 Å². The third-order valence-corrected chi connectivity index (χ3v) is 4.06. The molecule has 1 aromatic heterocycles. The number of rotatable bonds is 1. The lowest BCUT2D eigenvalue weighted by Gasteiger charge is -2.28. The van der Waals surface area contributed by atoms with Crippen LogP contribution in [0.15, 0.2) is 0 Å². The van der Waals surface area contributed by atoms with Gasteiger partial charge in [0.2, 0.25) is 0 Å². The fourth-order valence-corrected chi connectivity index (χ4v) is 3.04. The van der Waals surface area contributed by atoms with Gasteiger partial charge in [-0.25, -0.2) is 0 Å². The minimum absolute atomic E-state index is 0.634. The van der Waals surface area contributed by atoms with Gasteiger partial charge in [0.15, 0.2) is 0 Å². The van der Waals surface area contributed by atoms with Crippen molar-refractivity contribution < 1.29 is 4.21 Å². The number of aromatic nitrogens is 2. The molecule has 1 fully saturated rings. The first-order chi connectivity index (χ1) is 7.63. The summed E-state index contributed by atoms with van der Waals surface area (Å²) in [6.45, 7) is 3.31. The highest BCUT2D eigenvalue weighted by molar-refractivity contribution is 7.85. The third-order valence-electron chi connectivity index (χ3n) is 2.78. The molecule has 5 nitrogen and oxygen atoms in total. The van der Waals surface area contributed by atoms with E-state index in [9.17, 15) is 4.21 Å². The van der Waals surface area contributed by atoms with Crippen molar-refractivity contribution in [3.05, 3.63) is 11.3 Å². The molecule has 1 aromatic rings. The maximum Gasteiger partial charge on any atom is 0.145 e. The first-order valence-corrected chi connectivity index (χ1v) is 6.66. The summed E-state index contributed by atoms with van der Waals surface area (Å²) in [5.74, 6) is 2.21. The topological polar surface area (TPSA) is 61.9 Å². The zero-order chi connectivity index (χ0) is 11.7. The molecule has 0 aliphatic carbocycles. The highest BCUT2D eigenvalue weighted by Crippen LogP contribution is 2.23. The predicted molar refractivity (Wildman–Crippen MR) is 62.7 cm³/mol. The molecule has 0 atom stereocenters. The molecule has 0 N–H and O–H groups in total. The molecule has 2 heterocycles. The minimum Gasteiger partial charge on any atom is -0.354 e. The van der Waals surface area contributed by atoms with Crippen LogP contribution in [0.3, 0.4) is 0 Å². The second-order valence-electron chi connectivity index (χ2n) is 3.85. The van der Waals surface area contributed by atoms with Gasteiger partial charge < -0.3 is 4.90 Å². The van der Waals surface area contributed by atoms with Gasteiger partial charge in [-0.15, -0.1) is 0 Å². The maximum absolute atomic E-state index is 11.3. The second-order valence-corrected chi connectivity index (χ2v) is 5.55. The number of nitriles is 1. The molecule has 1 aliphatic heterocycles. The Morgan fingerprint density at radius 2 is 2.06 bits per heavy atom. The normalized spacial score (nSPS) is 17.4. The zero-order valence-electron chi connectivity index (χ0n) is 9.43. The Hall–Kier alpha value is -1.35. The molecular formula is C10H14N4OS. The monoisotopic (exact) mass is 238 g/mol. The van der Waals surface area contributed by atoms with Crippen molar-refractivity contribution in [2.45, 2.75) is 6.92 Å². The first-order valence-electron chi connectivity index (χ1n) is 5.17. The Balaban J connectivity index is 2.33. The number of nitrogens with zero attached hydrogens (tertiary/aromatic N) is 4. The van der Waals surface area contributed by atoms with Gasteiger partial charge in [-0.2, -0.15) is 10.4 Å². The average Bonchev–Trinajstić information content (AvgIpc) is 2.54. The standard InChI is InChI=1S/C10H14N4OS/c1-8-9(7-11)10(13(2)12-8)14-3-5-16(15)6-4-14/h3-6H2,1-2H3. The molecule has 2 rings (SSSR count). The lowest BCUT2D eigenvalue weighted by molar-refractivity contribution is 0.665. The van der Waals surface area contributed by atoms with Crippen molar-refractivity contribution in [2.24, 2.45) is 7.05 Å². The molecule has 86 valence electrons. The molecule has 0 amide bonds. The van der Waals surface area contributed by atoms with E-state index in [0.29, 0.717) is 17.1 Å². The third kappa shape index (κ3) is 1.83. The molecule has 1 aliphatic rings. The summed E-state index contributed by atoms with van der Waals surface area (Å²) in [6, 6.07) is 2.19. The Kier molecular flexibility index (Phi) is 2.97. The SMILES string of the molecule is Cc1nn(C)c(N2CCS(=O)CC2)c1C#N. The quantitative estimate of drug-likeness (QED) is 0.699. The van der Waals surface area contributed by atoms with Gasteiger partial charge in [0.1, 0.15) is 17.5 Å². The van der Waals surface area contributed by atoms with Gasteiger partial charge in [-0.1, -0.05) is 0 Å². The summed E-state index contributed by atoms with van der Waals surface area (Å²) in [6.07, 6.45) is 0. The van der Waals surface area contributed by atoms with Crippen LogP contribution in [0.1, 0.15) is 11.3 Å². The highest BCUT2D eigenvalue weighted by Gasteiger charge is 2.22. The summed E-state index contributed by atoms with van der Waals surface area (Å²) >= 11 is 0. The van der Waals surface area contributed by atoms with Crippen molar-refractivity contribution in [3.63, 3.8) is 0 Å². The van der Waals surface area contributed by atoms with Crippen molar-refractivity contribution in [1.82, 2.24) is 9.78 Å². The Morgan fingerprint density at radius 3 is 2.62 bits per heavy atom. The summed E-state index contributed by atoms with van der Waals surface area (Å²) in [5, 5.41) is 13.4. The zero-order valence-corrected chi connectivity index (χ0v) is 10.3. The van der Waals surface area contributed by atoms with Crippen LogP contribution in [0.5, 0.6) is 0 Å². The van der Waals surface area contributed by atoms with E-state index in [-0.39, 0.29) is 0 Å². The maximum atomic E-state index is 11.3. The van der Waals surface area contributed by atoms with Gasteiger partial charge >= 0.3 is 0 Å². The van der Waals surface area contributed by atoms with Crippen molar-refractivity contribution in [2.75, 3.05) is 29.5 Å². The van der Waals surface area contributed by atoms with Crippen LogP contribution in [0.4, 0.5) is 5.82 Å². The molecule has 0 saturated carbocycles. The highest BCUT2D eigenvalue weighted by atomic mass is 32.2. The lowest BCUT2D eigenvalue weighted by Crippen LogP contribution is -2.39. The molecule has 0 bridgehead atoms. The van der Waals surface area contributed by atoms with E-state index in [4.69, 9.17) is 5.26 Å².